The van der Waals surface area contributed by atoms with Gasteiger partial charge in [0.15, 0.2) is 5.82 Å². The minimum atomic E-state index is -0.0408. The van der Waals surface area contributed by atoms with Crippen LogP contribution < -0.4 is 10.2 Å². The first kappa shape index (κ1) is 18.5. The standard InChI is InChI=1S/C24H25N5O/c1-17-9-10-19(18(2)16-17)26-24(30)28-14-12-27(13-15-28)23-22-8-5-11-29(22)21-7-4-3-6-20(21)25-23/h3-11,16H,12-15H2,1-2H3,(H,26,30). The number of aryl methyl sites for hydroxylation is 2. The van der Waals surface area contributed by atoms with Gasteiger partial charge in [0.1, 0.15) is 0 Å². The van der Waals surface area contributed by atoms with Crippen LogP contribution in [0.25, 0.3) is 16.6 Å². The fraction of sp³-hybridized carbons (Fsp3) is 0.250. The largest absolute Gasteiger partial charge is 0.351 e. The van der Waals surface area contributed by atoms with Crippen molar-refractivity contribution in [3.63, 3.8) is 0 Å². The number of carbonyl (C=O) groups excluding carboxylic acids is 1. The number of rotatable bonds is 2. The second kappa shape index (κ2) is 7.37. The topological polar surface area (TPSA) is 52.9 Å². The van der Waals surface area contributed by atoms with Crippen LogP contribution >= 0.6 is 0 Å². The molecule has 30 heavy (non-hydrogen) atoms. The Hall–Kier alpha value is -3.54. The summed E-state index contributed by atoms with van der Waals surface area (Å²) < 4.78 is 2.19. The normalized spacial score (nSPS) is 14.5. The molecule has 0 aliphatic carbocycles. The number of benzene rings is 2. The predicted octanol–water partition coefficient (Wildman–Crippen LogP) is 4.46. The van der Waals surface area contributed by atoms with Crippen molar-refractivity contribution >= 4 is 34.1 Å². The monoisotopic (exact) mass is 399 g/mol. The summed E-state index contributed by atoms with van der Waals surface area (Å²) >= 11 is 0. The van der Waals surface area contributed by atoms with Crippen molar-refractivity contribution in [2.75, 3.05) is 36.4 Å². The predicted molar refractivity (Wildman–Crippen MR) is 121 cm³/mol. The molecule has 1 fully saturated rings. The number of urea groups is 1. The van der Waals surface area contributed by atoms with Gasteiger partial charge in [0.25, 0.3) is 0 Å². The van der Waals surface area contributed by atoms with Gasteiger partial charge in [-0.15, -0.1) is 0 Å². The van der Waals surface area contributed by atoms with Crippen molar-refractivity contribution in [1.29, 1.82) is 0 Å². The third-order valence-electron chi connectivity index (χ3n) is 5.84. The highest BCUT2D eigenvalue weighted by atomic mass is 16.2. The Labute approximate surface area is 175 Å². The maximum absolute atomic E-state index is 12.8. The van der Waals surface area contributed by atoms with Gasteiger partial charge in [0.05, 0.1) is 16.6 Å². The number of fused-ring (bicyclic) bond motifs is 3. The second-order valence-electron chi connectivity index (χ2n) is 7.91. The number of hydrogen-bond acceptors (Lipinski definition) is 3. The minimum absolute atomic E-state index is 0.0408. The highest BCUT2D eigenvalue weighted by molar-refractivity contribution is 5.90. The van der Waals surface area contributed by atoms with Crippen molar-refractivity contribution in [2.24, 2.45) is 0 Å². The van der Waals surface area contributed by atoms with E-state index in [4.69, 9.17) is 4.98 Å². The molecule has 6 heteroatoms. The second-order valence-corrected chi connectivity index (χ2v) is 7.91. The van der Waals surface area contributed by atoms with E-state index in [-0.39, 0.29) is 6.03 Å². The van der Waals surface area contributed by atoms with E-state index < -0.39 is 0 Å². The Balaban J connectivity index is 1.33. The molecule has 1 aliphatic rings. The van der Waals surface area contributed by atoms with E-state index in [2.05, 4.69) is 52.0 Å². The van der Waals surface area contributed by atoms with Gasteiger partial charge in [-0.05, 0) is 49.7 Å². The van der Waals surface area contributed by atoms with Crippen LogP contribution in [0.5, 0.6) is 0 Å². The molecule has 0 bridgehead atoms. The number of hydrogen-bond donors (Lipinski definition) is 1. The van der Waals surface area contributed by atoms with Gasteiger partial charge in [-0.2, -0.15) is 0 Å². The Kier molecular flexibility index (Phi) is 4.54. The number of carbonyl (C=O) groups is 1. The van der Waals surface area contributed by atoms with Crippen molar-refractivity contribution in [3.05, 3.63) is 71.9 Å². The van der Waals surface area contributed by atoms with Gasteiger partial charge in [-0.3, -0.25) is 0 Å². The molecule has 4 aromatic rings. The van der Waals surface area contributed by atoms with Crippen molar-refractivity contribution < 1.29 is 4.79 Å². The Bertz CT molecular complexity index is 1240. The Morgan fingerprint density at radius 2 is 1.70 bits per heavy atom. The SMILES string of the molecule is Cc1ccc(NC(=O)N2CCN(c3nc4ccccc4n4cccc34)CC2)c(C)c1. The molecule has 6 nitrogen and oxygen atoms in total. The van der Waals surface area contributed by atoms with Crippen LogP contribution in [0.3, 0.4) is 0 Å². The molecule has 1 aliphatic heterocycles. The third kappa shape index (κ3) is 3.24. The molecule has 1 saturated heterocycles. The van der Waals surface area contributed by atoms with E-state index in [1.165, 1.54) is 5.56 Å². The molecule has 3 heterocycles. The molecule has 0 saturated carbocycles. The molecule has 2 amide bonds. The van der Waals surface area contributed by atoms with E-state index in [1.807, 2.05) is 42.2 Å². The van der Waals surface area contributed by atoms with Gasteiger partial charge in [-0.1, -0.05) is 29.8 Å². The number of aromatic nitrogens is 2. The molecule has 0 unspecified atom stereocenters. The molecule has 2 aromatic carbocycles. The fourth-order valence-corrected chi connectivity index (χ4v) is 4.21. The average molecular weight is 399 g/mol. The average Bonchev–Trinajstić information content (AvgIpc) is 3.25. The van der Waals surface area contributed by atoms with Crippen LogP contribution in [0.4, 0.5) is 16.3 Å². The van der Waals surface area contributed by atoms with E-state index in [0.717, 1.165) is 46.7 Å². The lowest BCUT2D eigenvalue weighted by Gasteiger charge is -2.35. The first-order valence-electron chi connectivity index (χ1n) is 10.3. The summed E-state index contributed by atoms with van der Waals surface area (Å²) in [5.74, 6) is 0.980. The molecule has 1 N–H and O–H groups in total. The third-order valence-corrected chi connectivity index (χ3v) is 5.84. The Morgan fingerprint density at radius 1 is 0.933 bits per heavy atom. The smallest absolute Gasteiger partial charge is 0.321 e. The van der Waals surface area contributed by atoms with Crippen LogP contribution in [0.15, 0.2) is 60.8 Å². The highest BCUT2D eigenvalue weighted by Crippen LogP contribution is 2.26. The summed E-state index contributed by atoms with van der Waals surface area (Å²) in [7, 11) is 0. The van der Waals surface area contributed by atoms with E-state index >= 15 is 0 Å². The van der Waals surface area contributed by atoms with E-state index in [1.54, 1.807) is 0 Å². The molecule has 5 rings (SSSR count). The van der Waals surface area contributed by atoms with Crippen LogP contribution in [-0.4, -0.2) is 46.5 Å². The zero-order valence-electron chi connectivity index (χ0n) is 17.3. The number of nitrogens with zero attached hydrogens (tertiary/aromatic N) is 4. The van der Waals surface area contributed by atoms with E-state index in [0.29, 0.717) is 13.1 Å². The molecule has 0 spiro atoms. The van der Waals surface area contributed by atoms with Crippen LogP contribution in [-0.2, 0) is 0 Å². The molecular weight excluding hydrogens is 374 g/mol. The maximum atomic E-state index is 12.8. The first-order chi connectivity index (χ1) is 14.6. The lowest BCUT2D eigenvalue weighted by molar-refractivity contribution is 0.208. The lowest BCUT2D eigenvalue weighted by atomic mass is 10.1. The summed E-state index contributed by atoms with van der Waals surface area (Å²) in [6.07, 6.45) is 2.08. The number of nitrogens with one attached hydrogen (secondary N) is 1. The van der Waals surface area contributed by atoms with Gasteiger partial charge in [0, 0.05) is 38.1 Å². The summed E-state index contributed by atoms with van der Waals surface area (Å²) in [4.78, 5) is 21.9. The number of anilines is 2. The van der Waals surface area contributed by atoms with Crippen molar-refractivity contribution in [2.45, 2.75) is 13.8 Å². The van der Waals surface area contributed by atoms with Crippen molar-refractivity contribution in [1.82, 2.24) is 14.3 Å². The number of piperazine rings is 1. The molecule has 0 radical (unpaired) electrons. The van der Waals surface area contributed by atoms with Crippen LogP contribution in [0.2, 0.25) is 0 Å². The Morgan fingerprint density at radius 3 is 2.50 bits per heavy atom. The summed E-state index contributed by atoms with van der Waals surface area (Å²) in [6, 6.07) is 18.4. The molecule has 152 valence electrons. The van der Waals surface area contributed by atoms with Gasteiger partial charge < -0.3 is 19.5 Å². The lowest BCUT2D eigenvalue weighted by Crippen LogP contribution is -2.50. The van der Waals surface area contributed by atoms with Crippen LogP contribution in [0, 0.1) is 13.8 Å². The van der Waals surface area contributed by atoms with Gasteiger partial charge >= 0.3 is 6.03 Å². The molecule has 2 aromatic heterocycles. The summed E-state index contributed by atoms with van der Waals surface area (Å²) in [5.41, 5.74) is 6.33. The van der Waals surface area contributed by atoms with Crippen LogP contribution in [0.1, 0.15) is 11.1 Å². The molecule has 0 atom stereocenters. The summed E-state index contributed by atoms with van der Waals surface area (Å²) in [6.45, 7) is 6.92. The minimum Gasteiger partial charge on any atom is -0.351 e. The van der Waals surface area contributed by atoms with Crippen molar-refractivity contribution in [3.8, 4) is 0 Å². The maximum Gasteiger partial charge on any atom is 0.321 e. The number of amides is 2. The fourth-order valence-electron chi connectivity index (χ4n) is 4.21. The van der Waals surface area contributed by atoms with Gasteiger partial charge in [0.2, 0.25) is 0 Å². The van der Waals surface area contributed by atoms with Gasteiger partial charge in [-0.25, -0.2) is 9.78 Å². The zero-order chi connectivity index (χ0) is 20.7. The highest BCUT2D eigenvalue weighted by Gasteiger charge is 2.24. The zero-order valence-corrected chi connectivity index (χ0v) is 17.3. The number of para-hydroxylation sites is 2. The summed E-state index contributed by atoms with van der Waals surface area (Å²) in [5, 5.41) is 3.06. The first-order valence-corrected chi connectivity index (χ1v) is 10.3. The van der Waals surface area contributed by atoms with E-state index in [9.17, 15) is 4.79 Å². The quantitative estimate of drug-likeness (QED) is 0.542. The molecular formula is C24H25N5O.